The maximum Gasteiger partial charge on any atom is 0.305 e. The van der Waals surface area contributed by atoms with Crippen molar-refractivity contribution in [3.63, 3.8) is 0 Å². The highest BCUT2D eigenvalue weighted by molar-refractivity contribution is 8.00. The lowest BCUT2D eigenvalue weighted by Crippen LogP contribution is -2.48. The summed E-state index contributed by atoms with van der Waals surface area (Å²) in [4.78, 5) is 49.4. The van der Waals surface area contributed by atoms with Gasteiger partial charge >= 0.3 is 5.97 Å². The van der Waals surface area contributed by atoms with Crippen molar-refractivity contribution in [2.24, 2.45) is 5.73 Å². The minimum absolute atomic E-state index is 0.0823. The number of hydrogen-bond acceptors (Lipinski definition) is 14. The number of carboxylic acid groups (broad SMARTS) is 1. The molecule has 3 aromatic rings. The highest BCUT2D eigenvalue weighted by Crippen LogP contribution is 2.28. The number of unbranched alkanes of at least 4 members (excludes halogenated alkanes) is 2. The molecule has 2 amide bonds. The second kappa shape index (κ2) is 25.3. The molecule has 3 heterocycles. The minimum Gasteiger partial charge on any atom is -0.496 e. The van der Waals surface area contributed by atoms with Gasteiger partial charge in [0.15, 0.2) is 5.82 Å². The van der Waals surface area contributed by atoms with E-state index in [9.17, 15) is 14.4 Å². The van der Waals surface area contributed by atoms with Crippen molar-refractivity contribution in [1.29, 1.82) is 0 Å². The average Bonchev–Trinajstić information content (AvgIpc) is 3.60. The Hall–Kier alpha value is -4.20. The number of methoxy groups -OCH3 is 1. The molecule has 1 aromatic carbocycles. The van der Waals surface area contributed by atoms with Crippen LogP contribution in [0.4, 0.5) is 11.8 Å². The van der Waals surface area contributed by atoms with Gasteiger partial charge in [0.25, 0.3) is 0 Å². The highest BCUT2D eigenvalue weighted by Gasteiger charge is 2.23. The molecule has 7 N–H and O–H groups in total. The van der Waals surface area contributed by atoms with E-state index in [0.717, 1.165) is 79.2 Å². The van der Waals surface area contributed by atoms with Gasteiger partial charge in [-0.05, 0) is 31.0 Å². The van der Waals surface area contributed by atoms with Gasteiger partial charge in [-0.15, -0.1) is 11.8 Å². The van der Waals surface area contributed by atoms with E-state index in [1.54, 1.807) is 14.0 Å². The van der Waals surface area contributed by atoms with Crippen molar-refractivity contribution >= 4 is 52.3 Å². The molecular weight excluding hydrogens is 767 g/mol. The highest BCUT2D eigenvalue weighted by atomic mass is 32.2. The van der Waals surface area contributed by atoms with Crippen LogP contribution in [0.25, 0.3) is 11.0 Å². The molecule has 1 unspecified atom stereocenters. The molecular formula is C40H63N9O8S. The van der Waals surface area contributed by atoms with E-state index >= 15 is 0 Å². The molecule has 1 aliphatic heterocycles. The number of nitrogens with one attached hydrogen (secondary N) is 2. The Balaban J connectivity index is 1.08. The van der Waals surface area contributed by atoms with Gasteiger partial charge in [-0.3, -0.25) is 19.3 Å². The number of nitrogens with zero attached hydrogens (tertiary/aromatic N) is 5. The number of carboxylic acids is 1. The summed E-state index contributed by atoms with van der Waals surface area (Å²) in [6.45, 7) is 11.4. The largest absolute Gasteiger partial charge is 0.496 e. The van der Waals surface area contributed by atoms with E-state index in [1.165, 1.54) is 11.8 Å². The number of hydrogen-bond donors (Lipinski definition) is 5. The summed E-state index contributed by atoms with van der Waals surface area (Å²) >= 11 is 1.24. The number of anilines is 2. The third kappa shape index (κ3) is 15.9. The third-order valence-corrected chi connectivity index (χ3v) is 11.0. The Morgan fingerprint density at radius 2 is 1.67 bits per heavy atom. The summed E-state index contributed by atoms with van der Waals surface area (Å²) in [6.07, 6.45) is 5.41. The number of amides is 2. The smallest absolute Gasteiger partial charge is 0.305 e. The number of benzene rings is 1. The van der Waals surface area contributed by atoms with E-state index in [-0.39, 0.29) is 43.4 Å². The summed E-state index contributed by atoms with van der Waals surface area (Å²) in [5.41, 5.74) is 15.7. The summed E-state index contributed by atoms with van der Waals surface area (Å²) < 4.78 is 24.6. The fourth-order valence-corrected chi connectivity index (χ4v) is 7.48. The van der Waals surface area contributed by atoms with Crippen LogP contribution in [0.1, 0.15) is 57.1 Å². The van der Waals surface area contributed by atoms with Gasteiger partial charge in [-0.25, -0.2) is 4.98 Å². The molecule has 58 heavy (non-hydrogen) atoms. The van der Waals surface area contributed by atoms with Crippen LogP contribution in [0, 0.1) is 0 Å². The SMILES string of the molecule is CCCCCNc1nc(N)nc2ccn(Cc3ccc(CN4CCN(C(=O)CCOCCOCCOCCNC(=O)C(CC(=O)O)SC[C@@H](C)N)CC4)cc3OC)c12. The standard InChI is InChI=1S/C40H63N9O8S/c1-4-5-6-11-43-38-37-32(45-40(42)46-38)9-13-49(37)27-31-8-7-30(24-33(31)54-3)26-47-14-16-48(17-15-47)35(50)10-18-55-20-22-57-23-21-56-19-12-44-39(53)34(25-36(51)52)58-28-29(2)41/h7-9,13,24,29,34H,4-6,10-12,14-23,25-28,41H2,1-3H3,(H,44,53)(H,51,52)(H3,42,43,45,46)/t29-,34?/m1/s1. The number of aliphatic carboxylic acids is 1. The van der Waals surface area contributed by atoms with Crippen molar-refractivity contribution in [2.45, 2.75) is 70.3 Å². The first-order valence-electron chi connectivity index (χ1n) is 20.2. The number of carbonyl (C=O) groups is 3. The predicted molar refractivity (Wildman–Crippen MR) is 226 cm³/mol. The third-order valence-electron chi connectivity index (χ3n) is 9.49. The summed E-state index contributed by atoms with van der Waals surface area (Å²) in [7, 11) is 1.70. The lowest BCUT2D eigenvalue weighted by atomic mass is 10.1. The van der Waals surface area contributed by atoms with Crippen LogP contribution in [0.3, 0.4) is 0 Å². The normalized spacial score (nSPS) is 14.4. The first-order chi connectivity index (χ1) is 28.1. The fourth-order valence-electron chi connectivity index (χ4n) is 6.45. The summed E-state index contributed by atoms with van der Waals surface area (Å²) in [6, 6.07) is 8.19. The van der Waals surface area contributed by atoms with Crippen LogP contribution in [0.5, 0.6) is 5.75 Å². The zero-order chi connectivity index (χ0) is 41.7. The van der Waals surface area contributed by atoms with E-state index in [2.05, 4.69) is 55.2 Å². The van der Waals surface area contributed by atoms with Crippen LogP contribution in [0.15, 0.2) is 30.5 Å². The lowest BCUT2D eigenvalue weighted by molar-refractivity contribution is -0.138. The molecule has 17 nitrogen and oxygen atoms in total. The van der Waals surface area contributed by atoms with Gasteiger partial charge in [0.05, 0.1) is 76.9 Å². The molecule has 1 saturated heterocycles. The average molecular weight is 830 g/mol. The molecule has 322 valence electrons. The molecule has 0 saturated carbocycles. The predicted octanol–water partition coefficient (Wildman–Crippen LogP) is 2.80. The molecule has 18 heteroatoms. The van der Waals surface area contributed by atoms with E-state index < -0.39 is 11.2 Å². The quantitative estimate of drug-likeness (QED) is 0.0665. The second-order valence-corrected chi connectivity index (χ2v) is 15.6. The molecule has 1 fully saturated rings. The van der Waals surface area contributed by atoms with Crippen LogP contribution in [-0.4, -0.2) is 150 Å². The monoisotopic (exact) mass is 829 g/mol. The minimum atomic E-state index is -1.03. The number of nitrogen functional groups attached to an aromatic ring is 1. The summed E-state index contributed by atoms with van der Waals surface area (Å²) in [5.74, 6) is 1.02. The van der Waals surface area contributed by atoms with Gasteiger partial charge in [0.2, 0.25) is 17.8 Å². The first-order valence-corrected chi connectivity index (χ1v) is 21.2. The van der Waals surface area contributed by atoms with Crippen LogP contribution >= 0.6 is 11.8 Å². The topological polar surface area (TPSA) is 222 Å². The number of rotatable bonds is 28. The first kappa shape index (κ1) is 46.5. The maximum atomic E-state index is 12.8. The number of fused-ring (bicyclic) bond motifs is 1. The zero-order valence-electron chi connectivity index (χ0n) is 34.3. The van der Waals surface area contributed by atoms with Crippen LogP contribution in [0.2, 0.25) is 0 Å². The molecule has 0 aliphatic carbocycles. The van der Waals surface area contributed by atoms with Gasteiger partial charge < -0.3 is 55.6 Å². The molecule has 1 aliphatic rings. The second-order valence-electron chi connectivity index (χ2n) is 14.3. The Kier molecular flexibility index (Phi) is 20.3. The van der Waals surface area contributed by atoms with Gasteiger partial charge in [0.1, 0.15) is 11.3 Å². The molecule has 2 aromatic heterocycles. The maximum absolute atomic E-state index is 12.8. The Morgan fingerprint density at radius 3 is 2.36 bits per heavy atom. The van der Waals surface area contributed by atoms with Crippen molar-refractivity contribution in [2.75, 3.05) is 103 Å². The number of thioether (sulfide) groups is 1. The fraction of sp³-hybridized carbons (Fsp3) is 0.625. The molecule has 4 rings (SSSR count). The number of ether oxygens (including phenoxy) is 4. The molecule has 0 radical (unpaired) electrons. The lowest BCUT2D eigenvalue weighted by Gasteiger charge is -2.35. The summed E-state index contributed by atoms with van der Waals surface area (Å²) in [5, 5.41) is 14.5. The number of nitrogens with two attached hydrogens (primary N) is 2. The van der Waals surface area contributed by atoms with Crippen LogP contribution < -0.4 is 26.8 Å². The van der Waals surface area contributed by atoms with E-state index in [1.807, 2.05) is 17.2 Å². The van der Waals surface area contributed by atoms with E-state index in [4.69, 9.17) is 35.5 Å². The molecule has 0 spiro atoms. The number of piperazine rings is 1. The van der Waals surface area contributed by atoms with Gasteiger partial charge in [0, 0.05) is 69.4 Å². The van der Waals surface area contributed by atoms with Gasteiger partial charge in [-0.2, -0.15) is 4.98 Å². The Bertz CT molecular complexity index is 1720. The van der Waals surface area contributed by atoms with Crippen LogP contribution in [-0.2, 0) is 41.7 Å². The van der Waals surface area contributed by atoms with E-state index in [0.29, 0.717) is 64.8 Å². The van der Waals surface area contributed by atoms with Crippen molar-refractivity contribution in [3.05, 3.63) is 41.6 Å². The van der Waals surface area contributed by atoms with Crippen molar-refractivity contribution in [1.82, 2.24) is 29.7 Å². The number of aromatic nitrogens is 3. The van der Waals surface area contributed by atoms with Gasteiger partial charge in [-0.1, -0.05) is 31.9 Å². The van der Waals surface area contributed by atoms with Crippen molar-refractivity contribution < 1.29 is 38.4 Å². The van der Waals surface area contributed by atoms with Crippen molar-refractivity contribution in [3.8, 4) is 5.75 Å². The zero-order valence-corrected chi connectivity index (χ0v) is 35.1. The number of carbonyl (C=O) groups excluding carboxylic acids is 2. The Labute approximate surface area is 345 Å². The molecule has 0 bridgehead atoms. The Morgan fingerprint density at radius 1 is 0.948 bits per heavy atom. The molecule has 2 atom stereocenters.